The van der Waals surface area contributed by atoms with Crippen LogP contribution in [0.25, 0.3) is 0 Å². The molecule has 5 heteroatoms. The van der Waals surface area contributed by atoms with Crippen LogP contribution in [0.4, 0.5) is 0 Å². The summed E-state index contributed by atoms with van der Waals surface area (Å²) in [6, 6.07) is 13.3. The lowest BCUT2D eigenvalue weighted by Crippen LogP contribution is -2.27. The highest BCUT2D eigenvalue weighted by Gasteiger charge is 2.14. The third kappa shape index (κ3) is 4.20. The van der Waals surface area contributed by atoms with E-state index in [4.69, 9.17) is 4.74 Å². The van der Waals surface area contributed by atoms with Crippen LogP contribution in [0.15, 0.2) is 46.9 Å². The molecule has 110 valence electrons. The van der Waals surface area contributed by atoms with E-state index in [9.17, 15) is 4.79 Å². The predicted octanol–water partition coefficient (Wildman–Crippen LogP) is 4.55. The molecule has 3 nitrogen and oxygen atoms in total. The standard InChI is InChI=1S/C16H15BrINO2/c1-10(11-4-3-5-13(8-11)21-2)19-16(20)14-9-12(18)6-7-15(14)17/h3-10H,1-2H3,(H,19,20). The topological polar surface area (TPSA) is 38.3 Å². The highest BCUT2D eigenvalue weighted by atomic mass is 127. The summed E-state index contributed by atoms with van der Waals surface area (Å²) in [6.07, 6.45) is 0. The fourth-order valence-electron chi connectivity index (χ4n) is 1.94. The second kappa shape index (κ2) is 7.26. The van der Waals surface area contributed by atoms with Gasteiger partial charge >= 0.3 is 0 Å². The first kappa shape index (κ1) is 16.3. The Balaban J connectivity index is 2.16. The van der Waals surface area contributed by atoms with E-state index in [1.54, 1.807) is 7.11 Å². The third-order valence-electron chi connectivity index (χ3n) is 3.11. The van der Waals surface area contributed by atoms with E-state index in [0.717, 1.165) is 19.4 Å². The largest absolute Gasteiger partial charge is 0.497 e. The Labute approximate surface area is 146 Å². The van der Waals surface area contributed by atoms with E-state index in [1.165, 1.54) is 0 Å². The molecule has 0 aromatic heterocycles. The zero-order chi connectivity index (χ0) is 15.4. The summed E-state index contributed by atoms with van der Waals surface area (Å²) < 4.78 is 7.02. The molecule has 0 radical (unpaired) electrons. The van der Waals surface area contributed by atoms with E-state index in [-0.39, 0.29) is 11.9 Å². The summed E-state index contributed by atoms with van der Waals surface area (Å²) in [5, 5.41) is 3.00. The highest BCUT2D eigenvalue weighted by molar-refractivity contribution is 14.1. The summed E-state index contributed by atoms with van der Waals surface area (Å²) in [7, 11) is 1.63. The second-order valence-corrected chi connectivity index (χ2v) is 6.70. The van der Waals surface area contributed by atoms with Crippen LogP contribution in [0.5, 0.6) is 5.75 Å². The third-order valence-corrected chi connectivity index (χ3v) is 4.48. The first-order valence-electron chi connectivity index (χ1n) is 6.41. The predicted molar refractivity (Wildman–Crippen MR) is 95.7 cm³/mol. The molecule has 21 heavy (non-hydrogen) atoms. The summed E-state index contributed by atoms with van der Waals surface area (Å²) in [5.41, 5.74) is 1.64. The lowest BCUT2D eigenvalue weighted by Gasteiger charge is -2.16. The van der Waals surface area contributed by atoms with E-state index in [1.807, 2.05) is 49.4 Å². The van der Waals surface area contributed by atoms with Gasteiger partial charge in [-0.05, 0) is 81.3 Å². The van der Waals surface area contributed by atoms with Crippen LogP contribution in [0, 0.1) is 3.57 Å². The minimum Gasteiger partial charge on any atom is -0.497 e. The van der Waals surface area contributed by atoms with E-state index >= 15 is 0 Å². The van der Waals surface area contributed by atoms with E-state index in [2.05, 4.69) is 43.8 Å². The molecule has 1 atom stereocenters. The summed E-state index contributed by atoms with van der Waals surface area (Å²) in [4.78, 5) is 12.4. The molecule has 2 rings (SSSR count). The van der Waals surface area contributed by atoms with Gasteiger partial charge in [0.2, 0.25) is 0 Å². The SMILES string of the molecule is COc1cccc(C(C)NC(=O)c2cc(I)ccc2Br)c1. The van der Waals surface area contributed by atoms with Crippen molar-refractivity contribution in [1.29, 1.82) is 0 Å². The average Bonchev–Trinajstić information content (AvgIpc) is 2.49. The molecule has 0 spiro atoms. The Bertz CT molecular complexity index is 660. The molecular weight excluding hydrogens is 445 g/mol. The van der Waals surface area contributed by atoms with Crippen LogP contribution < -0.4 is 10.1 Å². The van der Waals surface area contributed by atoms with Gasteiger partial charge in [0.05, 0.1) is 18.7 Å². The highest BCUT2D eigenvalue weighted by Crippen LogP contribution is 2.22. The monoisotopic (exact) mass is 459 g/mol. The normalized spacial score (nSPS) is 11.8. The van der Waals surface area contributed by atoms with Crippen molar-refractivity contribution in [2.45, 2.75) is 13.0 Å². The van der Waals surface area contributed by atoms with Gasteiger partial charge in [0.15, 0.2) is 0 Å². The minimum atomic E-state index is -0.101. The maximum Gasteiger partial charge on any atom is 0.252 e. The van der Waals surface area contributed by atoms with Crippen molar-refractivity contribution in [3.63, 3.8) is 0 Å². The lowest BCUT2D eigenvalue weighted by molar-refractivity contribution is 0.0939. The van der Waals surface area contributed by atoms with Crippen molar-refractivity contribution in [3.8, 4) is 5.75 Å². The molecule has 0 bridgehead atoms. The van der Waals surface area contributed by atoms with Gasteiger partial charge in [-0.15, -0.1) is 0 Å². The molecule has 2 aromatic rings. The molecule has 0 aliphatic carbocycles. The Morgan fingerprint density at radius 3 is 2.76 bits per heavy atom. The quantitative estimate of drug-likeness (QED) is 0.681. The van der Waals surface area contributed by atoms with Crippen molar-refractivity contribution in [1.82, 2.24) is 5.32 Å². The number of hydrogen-bond acceptors (Lipinski definition) is 2. The lowest BCUT2D eigenvalue weighted by atomic mass is 10.1. The maximum absolute atomic E-state index is 12.4. The molecule has 1 N–H and O–H groups in total. The number of ether oxygens (including phenoxy) is 1. The molecule has 0 aliphatic heterocycles. The van der Waals surface area contributed by atoms with E-state index < -0.39 is 0 Å². The number of carbonyl (C=O) groups is 1. The molecule has 1 unspecified atom stereocenters. The van der Waals surface area contributed by atoms with Crippen LogP contribution in [0.3, 0.4) is 0 Å². The van der Waals surface area contributed by atoms with Gasteiger partial charge in [-0.1, -0.05) is 12.1 Å². The van der Waals surface area contributed by atoms with Crippen molar-refractivity contribution in [2.24, 2.45) is 0 Å². The van der Waals surface area contributed by atoms with Gasteiger partial charge in [0.25, 0.3) is 5.91 Å². The number of nitrogens with one attached hydrogen (secondary N) is 1. The van der Waals surface area contributed by atoms with Crippen LogP contribution in [-0.2, 0) is 0 Å². The number of methoxy groups -OCH3 is 1. The second-order valence-electron chi connectivity index (χ2n) is 4.60. The zero-order valence-corrected chi connectivity index (χ0v) is 15.4. The number of carbonyl (C=O) groups excluding carboxylic acids is 1. The van der Waals surface area contributed by atoms with Crippen molar-refractivity contribution in [2.75, 3.05) is 7.11 Å². The number of benzene rings is 2. The summed E-state index contributed by atoms with van der Waals surface area (Å²) in [5.74, 6) is 0.680. The first-order valence-corrected chi connectivity index (χ1v) is 8.28. The van der Waals surface area contributed by atoms with Crippen LogP contribution in [0.2, 0.25) is 0 Å². The molecular formula is C16H15BrINO2. The van der Waals surface area contributed by atoms with E-state index in [0.29, 0.717) is 5.56 Å². The number of hydrogen-bond donors (Lipinski definition) is 1. The van der Waals surface area contributed by atoms with Gasteiger partial charge in [0, 0.05) is 8.04 Å². The number of rotatable bonds is 4. The average molecular weight is 460 g/mol. The summed E-state index contributed by atoms with van der Waals surface area (Å²) >= 11 is 5.61. The fraction of sp³-hybridized carbons (Fsp3) is 0.188. The fourth-order valence-corrected chi connectivity index (χ4v) is 2.86. The Kier molecular flexibility index (Phi) is 5.64. The molecule has 0 fully saturated rings. The number of amides is 1. The molecule has 1 amide bonds. The maximum atomic E-state index is 12.4. The Hall–Kier alpha value is -1.08. The van der Waals surface area contributed by atoms with Gasteiger partial charge < -0.3 is 10.1 Å². The van der Waals surface area contributed by atoms with Crippen molar-refractivity contribution in [3.05, 3.63) is 61.6 Å². The van der Waals surface area contributed by atoms with Gasteiger partial charge in [-0.2, -0.15) is 0 Å². The number of halogens is 2. The Morgan fingerprint density at radius 1 is 1.29 bits per heavy atom. The Morgan fingerprint density at radius 2 is 2.05 bits per heavy atom. The first-order chi connectivity index (χ1) is 10.0. The smallest absolute Gasteiger partial charge is 0.252 e. The molecule has 0 saturated heterocycles. The van der Waals surface area contributed by atoms with Gasteiger partial charge in [0.1, 0.15) is 5.75 Å². The van der Waals surface area contributed by atoms with Crippen LogP contribution in [0.1, 0.15) is 28.9 Å². The van der Waals surface area contributed by atoms with Crippen molar-refractivity contribution < 1.29 is 9.53 Å². The van der Waals surface area contributed by atoms with Crippen molar-refractivity contribution >= 4 is 44.4 Å². The summed E-state index contributed by atoms with van der Waals surface area (Å²) in [6.45, 7) is 1.95. The molecule has 0 saturated carbocycles. The minimum absolute atomic E-state index is 0.0997. The van der Waals surface area contributed by atoms with Gasteiger partial charge in [-0.25, -0.2) is 0 Å². The van der Waals surface area contributed by atoms with Gasteiger partial charge in [-0.3, -0.25) is 4.79 Å². The molecule has 0 aliphatic rings. The molecule has 2 aromatic carbocycles. The van der Waals surface area contributed by atoms with Crippen LogP contribution >= 0.6 is 38.5 Å². The molecule has 0 heterocycles. The zero-order valence-electron chi connectivity index (χ0n) is 11.7. The van der Waals surface area contributed by atoms with Crippen LogP contribution in [-0.4, -0.2) is 13.0 Å².